The van der Waals surface area contributed by atoms with Crippen LogP contribution in [0, 0.1) is 5.82 Å². The molecule has 0 fully saturated rings. The number of rotatable bonds is 3. The van der Waals surface area contributed by atoms with Crippen molar-refractivity contribution in [2.45, 2.75) is 8.69 Å². The molecule has 0 unspecified atom stereocenters. The fraction of sp³-hybridized carbons (Fsp3) is 0.0714. The van der Waals surface area contributed by atoms with E-state index >= 15 is 0 Å². The van der Waals surface area contributed by atoms with Crippen molar-refractivity contribution >= 4 is 56.3 Å². The molecule has 0 atom stereocenters. The third-order valence-corrected chi connectivity index (χ3v) is 4.60. The Morgan fingerprint density at radius 3 is 2.26 bits per heavy atom. The third kappa shape index (κ3) is 5.07. The van der Waals surface area contributed by atoms with Gasteiger partial charge in [0.25, 0.3) is 3.79 Å². The molecule has 2 aromatic rings. The Hall–Kier alpha value is -1.34. The van der Waals surface area contributed by atoms with Crippen LogP contribution < -0.4 is 9.71 Å². The van der Waals surface area contributed by atoms with E-state index in [1.54, 1.807) is 18.2 Å². The SMILES string of the molecule is O=S(=O)([NH+]=C(Nc1cccc(F)c1)C(Cl)(Cl)Cl)c1ccccc1. The molecule has 4 nitrogen and oxygen atoms in total. The molecule has 9 heteroatoms. The van der Waals surface area contributed by atoms with Gasteiger partial charge in [0, 0.05) is 6.07 Å². The summed E-state index contributed by atoms with van der Waals surface area (Å²) in [5.74, 6) is -0.860. The van der Waals surface area contributed by atoms with Crippen molar-refractivity contribution in [3.05, 3.63) is 60.4 Å². The molecule has 0 bridgehead atoms. The van der Waals surface area contributed by atoms with Crippen LogP contribution in [-0.4, -0.2) is 18.0 Å². The summed E-state index contributed by atoms with van der Waals surface area (Å²) in [6.45, 7) is 0. The number of hydrogen-bond acceptors (Lipinski definition) is 2. The summed E-state index contributed by atoms with van der Waals surface area (Å²) >= 11 is 17.4. The Morgan fingerprint density at radius 1 is 1.04 bits per heavy atom. The minimum Gasteiger partial charge on any atom is -0.240 e. The van der Waals surface area contributed by atoms with E-state index in [0.29, 0.717) is 0 Å². The lowest BCUT2D eigenvalue weighted by molar-refractivity contribution is -0.268. The number of amidine groups is 1. The lowest BCUT2D eigenvalue weighted by Crippen LogP contribution is -2.80. The molecule has 2 aromatic carbocycles. The average molecular weight is 397 g/mol. The van der Waals surface area contributed by atoms with E-state index in [4.69, 9.17) is 34.8 Å². The average Bonchev–Trinajstić information content (AvgIpc) is 2.46. The number of halogens is 4. The Labute approximate surface area is 147 Å². The molecule has 0 heterocycles. The van der Waals surface area contributed by atoms with Gasteiger partial charge >= 0.3 is 15.9 Å². The van der Waals surface area contributed by atoms with E-state index in [9.17, 15) is 12.8 Å². The summed E-state index contributed by atoms with van der Waals surface area (Å²) in [4.78, 5) is -0.00667. The maximum atomic E-state index is 13.2. The predicted molar refractivity (Wildman–Crippen MR) is 89.9 cm³/mol. The summed E-state index contributed by atoms with van der Waals surface area (Å²) in [7, 11) is -3.97. The van der Waals surface area contributed by atoms with Crippen molar-refractivity contribution in [3.63, 3.8) is 0 Å². The van der Waals surface area contributed by atoms with E-state index in [-0.39, 0.29) is 16.4 Å². The van der Waals surface area contributed by atoms with Crippen molar-refractivity contribution in [2.75, 3.05) is 5.32 Å². The second-order valence-corrected chi connectivity index (χ2v) is 8.39. The van der Waals surface area contributed by atoms with Crippen LogP contribution in [0.15, 0.2) is 59.5 Å². The first kappa shape index (κ1) is 18.0. The van der Waals surface area contributed by atoms with E-state index in [1.165, 1.54) is 30.3 Å². The fourth-order valence-electron chi connectivity index (χ4n) is 1.66. The molecule has 0 amide bonds. The van der Waals surface area contributed by atoms with Gasteiger partial charge < -0.3 is 0 Å². The number of hydrogen-bond donors (Lipinski definition) is 2. The van der Waals surface area contributed by atoms with E-state index in [2.05, 4.69) is 9.71 Å². The first-order valence-electron chi connectivity index (χ1n) is 6.23. The molecule has 2 N–H and O–H groups in total. The highest BCUT2D eigenvalue weighted by Crippen LogP contribution is 2.27. The minimum absolute atomic E-state index is 0.00667. The summed E-state index contributed by atoms with van der Waals surface area (Å²) in [6.07, 6.45) is 0. The van der Waals surface area contributed by atoms with Gasteiger partial charge in [-0.15, -0.1) is 0 Å². The van der Waals surface area contributed by atoms with Crippen molar-refractivity contribution in [1.29, 1.82) is 0 Å². The van der Waals surface area contributed by atoms with Crippen molar-refractivity contribution in [2.24, 2.45) is 0 Å². The van der Waals surface area contributed by atoms with Gasteiger partial charge in [0.1, 0.15) is 16.4 Å². The zero-order chi connectivity index (χ0) is 17.1. The largest absolute Gasteiger partial charge is 0.328 e. The van der Waals surface area contributed by atoms with Crippen LogP contribution in [0.2, 0.25) is 0 Å². The lowest BCUT2D eigenvalue weighted by atomic mass is 10.3. The van der Waals surface area contributed by atoms with Crippen LogP contribution in [-0.2, 0) is 10.0 Å². The highest BCUT2D eigenvalue weighted by Gasteiger charge is 2.37. The second kappa shape index (κ2) is 7.05. The minimum atomic E-state index is -3.97. The molecule has 2 rings (SSSR count). The maximum Gasteiger partial charge on any atom is 0.328 e. The number of alkyl halides is 3. The van der Waals surface area contributed by atoms with E-state index < -0.39 is 19.6 Å². The number of benzene rings is 2. The molecule has 0 saturated heterocycles. The molecular weight excluding hydrogens is 386 g/mol. The summed E-state index contributed by atoms with van der Waals surface area (Å²) in [5.41, 5.74) is 0.224. The quantitative estimate of drug-likeness (QED) is 0.476. The smallest absolute Gasteiger partial charge is 0.240 e. The molecule has 0 aliphatic rings. The van der Waals surface area contributed by atoms with Crippen molar-refractivity contribution < 1.29 is 17.2 Å². The zero-order valence-electron chi connectivity index (χ0n) is 11.4. The Bertz CT molecular complexity index is 821. The van der Waals surface area contributed by atoms with Crippen molar-refractivity contribution in [3.8, 4) is 0 Å². The molecule has 0 aliphatic carbocycles. The number of nitrogens with one attached hydrogen (secondary N) is 2. The molecule has 0 radical (unpaired) electrons. The molecule has 0 spiro atoms. The molecular formula is C14H11Cl3FN2O2S+. The first-order valence-corrected chi connectivity index (χ1v) is 8.85. The van der Waals surface area contributed by atoms with Crippen LogP contribution in [0.5, 0.6) is 0 Å². The topological polar surface area (TPSA) is 60.1 Å². The second-order valence-electron chi connectivity index (χ2n) is 4.43. The van der Waals surface area contributed by atoms with Gasteiger partial charge in [-0.05, 0) is 24.3 Å². The highest BCUT2D eigenvalue weighted by molar-refractivity contribution is 7.84. The van der Waals surface area contributed by atoms with Crippen LogP contribution in [0.4, 0.5) is 10.1 Å². The maximum absolute atomic E-state index is 13.2. The molecule has 122 valence electrons. The fourth-order valence-corrected chi connectivity index (χ4v) is 3.22. The zero-order valence-corrected chi connectivity index (χ0v) is 14.5. The molecule has 23 heavy (non-hydrogen) atoms. The van der Waals surface area contributed by atoms with Gasteiger partial charge in [-0.3, -0.25) is 0 Å². The monoisotopic (exact) mass is 395 g/mol. The Morgan fingerprint density at radius 2 is 1.70 bits per heavy atom. The Balaban J connectivity index is 2.43. The van der Waals surface area contributed by atoms with Gasteiger partial charge in [-0.1, -0.05) is 59.1 Å². The molecule has 0 aromatic heterocycles. The van der Waals surface area contributed by atoms with E-state index in [1.807, 2.05) is 0 Å². The van der Waals surface area contributed by atoms with Gasteiger partial charge in [-0.25, -0.2) is 9.71 Å². The van der Waals surface area contributed by atoms with Gasteiger partial charge in [0.2, 0.25) is 0 Å². The third-order valence-electron chi connectivity index (χ3n) is 2.67. The summed E-state index contributed by atoms with van der Waals surface area (Å²) in [6, 6.07) is 12.9. The predicted octanol–water partition coefficient (Wildman–Crippen LogP) is 2.48. The number of sulfonamides is 1. The first-order chi connectivity index (χ1) is 10.7. The standard InChI is InChI=1S/C14H10Cl3FN2O2S/c15-14(16,17)13(19-11-6-4-5-10(18)9-11)20-23(21,22)12-7-2-1-3-8-12/h1-9H,(H,19,20)/p+1. The van der Waals surface area contributed by atoms with Crippen molar-refractivity contribution in [1.82, 2.24) is 0 Å². The van der Waals surface area contributed by atoms with Crippen LogP contribution in [0.3, 0.4) is 0 Å². The molecule has 0 saturated carbocycles. The van der Waals surface area contributed by atoms with Gasteiger partial charge in [0.15, 0.2) is 0 Å². The summed E-state index contributed by atoms with van der Waals surface area (Å²) in [5, 5.41) is 2.58. The normalized spacial score (nSPS) is 13.0. The highest BCUT2D eigenvalue weighted by atomic mass is 35.6. The Kier molecular flexibility index (Phi) is 5.52. The van der Waals surface area contributed by atoms with Crippen LogP contribution >= 0.6 is 34.8 Å². The van der Waals surface area contributed by atoms with Gasteiger partial charge in [-0.2, -0.15) is 12.8 Å². The number of anilines is 1. The lowest BCUT2D eigenvalue weighted by Gasteiger charge is -2.10. The van der Waals surface area contributed by atoms with Crippen LogP contribution in [0.1, 0.15) is 0 Å². The van der Waals surface area contributed by atoms with Crippen LogP contribution in [0.25, 0.3) is 0 Å². The van der Waals surface area contributed by atoms with E-state index in [0.717, 1.165) is 6.07 Å². The molecule has 0 aliphatic heterocycles. The summed E-state index contributed by atoms with van der Waals surface area (Å²) < 4.78 is 38.0. The van der Waals surface area contributed by atoms with Gasteiger partial charge in [0.05, 0.1) is 0 Å².